The van der Waals surface area contributed by atoms with Crippen LogP contribution in [0.2, 0.25) is 0 Å². The monoisotopic (exact) mass is 856 g/mol. The molecule has 9 aromatic carbocycles. The van der Waals surface area contributed by atoms with Crippen LogP contribution in [0.4, 0.5) is 17.1 Å². The highest BCUT2D eigenvalue weighted by atomic mass is 15.1. The number of rotatable bonds is 7. The molecule has 0 aliphatic rings. The molecule has 2 nitrogen and oxygen atoms in total. The predicted octanol–water partition coefficient (Wildman–Crippen LogP) is 18.3. The highest BCUT2D eigenvalue weighted by Crippen LogP contribution is 2.49. The normalized spacial score (nSPS) is 12.3. The summed E-state index contributed by atoms with van der Waals surface area (Å²) >= 11 is 0. The number of hydrogen-bond donors (Lipinski definition) is 0. The number of fused-ring (bicyclic) bond motifs is 4. The van der Waals surface area contributed by atoms with Crippen LogP contribution in [0.25, 0.3) is 71.6 Å². The van der Waals surface area contributed by atoms with Crippen LogP contribution < -0.4 is 4.90 Å². The molecule has 2 heteroatoms. The minimum Gasteiger partial charge on any atom is -0.309 e. The minimum absolute atomic E-state index is 0.00845. The molecular formula is C64H60N2. The summed E-state index contributed by atoms with van der Waals surface area (Å²) < 4.78 is 2.40. The van der Waals surface area contributed by atoms with Gasteiger partial charge in [-0.1, -0.05) is 214 Å². The molecule has 0 amide bonds. The zero-order valence-corrected chi connectivity index (χ0v) is 39.9. The second-order valence-corrected chi connectivity index (χ2v) is 21.1. The van der Waals surface area contributed by atoms with Gasteiger partial charge in [0, 0.05) is 33.3 Å². The molecule has 0 saturated heterocycles. The molecule has 1 aromatic heterocycles. The average Bonchev–Trinajstić information content (AvgIpc) is 3.65. The zero-order chi connectivity index (χ0) is 46.0. The molecule has 10 rings (SSSR count). The fraction of sp³-hybridized carbons (Fsp3) is 0.188. The first-order valence-electron chi connectivity index (χ1n) is 23.5. The fourth-order valence-corrected chi connectivity index (χ4v) is 9.78. The van der Waals surface area contributed by atoms with E-state index in [1.807, 2.05) is 0 Å². The number of nitrogens with zero attached hydrogens (tertiary/aromatic N) is 2. The summed E-state index contributed by atoms with van der Waals surface area (Å²) in [5, 5.41) is 4.91. The number of anilines is 3. The Labute approximate surface area is 391 Å². The third-order valence-corrected chi connectivity index (χ3v) is 13.5. The SMILES string of the molecule is CC(C)(C)c1ccc(-c2ccccc2N(c2ccc3c(c2)c2ccccc2n3-c2ccccc2)c2ccccc2-c2cccc3cccc(-c4cc(C(C)(C)C)cc(C(C)(C)C)c4)c23)cc1. The summed E-state index contributed by atoms with van der Waals surface area (Å²) in [7, 11) is 0. The molecule has 0 aliphatic carbocycles. The second-order valence-electron chi connectivity index (χ2n) is 21.1. The number of hydrogen-bond acceptors (Lipinski definition) is 1. The predicted molar refractivity (Wildman–Crippen MR) is 285 cm³/mol. The van der Waals surface area contributed by atoms with Gasteiger partial charge in [0.15, 0.2) is 0 Å². The molecule has 0 unspecified atom stereocenters. The Kier molecular flexibility index (Phi) is 10.6. The van der Waals surface area contributed by atoms with Crippen LogP contribution in [0.3, 0.4) is 0 Å². The molecule has 0 spiro atoms. The third kappa shape index (κ3) is 7.79. The van der Waals surface area contributed by atoms with E-state index in [4.69, 9.17) is 0 Å². The summed E-state index contributed by atoms with van der Waals surface area (Å²) in [4.78, 5) is 2.51. The Morgan fingerprint density at radius 3 is 1.53 bits per heavy atom. The van der Waals surface area contributed by atoms with Crippen molar-refractivity contribution in [3.05, 3.63) is 217 Å². The van der Waals surface area contributed by atoms with Gasteiger partial charge in [0.05, 0.1) is 22.4 Å². The van der Waals surface area contributed by atoms with E-state index in [0.717, 1.165) is 22.7 Å². The summed E-state index contributed by atoms with van der Waals surface area (Å²) in [6, 6.07) is 74.7. The molecule has 0 N–H and O–H groups in total. The van der Waals surface area contributed by atoms with Crippen molar-refractivity contribution in [2.75, 3.05) is 4.90 Å². The molecule has 0 radical (unpaired) electrons. The zero-order valence-electron chi connectivity index (χ0n) is 39.9. The number of benzene rings is 9. The Hall–Kier alpha value is -7.16. The lowest BCUT2D eigenvalue weighted by molar-refractivity contribution is 0.569. The quantitative estimate of drug-likeness (QED) is 0.155. The maximum absolute atomic E-state index is 2.51. The van der Waals surface area contributed by atoms with Crippen LogP contribution in [-0.4, -0.2) is 4.57 Å². The van der Waals surface area contributed by atoms with Crippen molar-refractivity contribution >= 4 is 49.6 Å². The van der Waals surface area contributed by atoms with Crippen LogP contribution in [-0.2, 0) is 16.2 Å². The third-order valence-electron chi connectivity index (χ3n) is 13.5. The van der Waals surface area contributed by atoms with Crippen molar-refractivity contribution in [3.63, 3.8) is 0 Å². The van der Waals surface area contributed by atoms with Crippen molar-refractivity contribution in [1.82, 2.24) is 4.57 Å². The summed E-state index contributed by atoms with van der Waals surface area (Å²) in [6.45, 7) is 20.8. The van der Waals surface area contributed by atoms with Crippen molar-refractivity contribution in [1.29, 1.82) is 0 Å². The van der Waals surface area contributed by atoms with Gasteiger partial charge in [-0.05, 0) is 114 Å². The lowest BCUT2D eigenvalue weighted by atomic mass is 9.78. The van der Waals surface area contributed by atoms with Crippen LogP contribution >= 0.6 is 0 Å². The molecule has 10 aromatic rings. The average molecular weight is 857 g/mol. The largest absolute Gasteiger partial charge is 0.309 e. The van der Waals surface area contributed by atoms with Gasteiger partial charge in [-0.25, -0.2) is 0 Å². The smallest absolute Gasteiger partial charge is 0.0542 e. The first kappa shape index (κ1) is 42.8. The fourth-order valence-electron chi connectivity index (χ4n) is 9.78. The van der Waals surface area contributed by atoms with Crippen LogP contribution in [0, 0.1) is 0 Å². The van der Waals surface area contributed by atoms with Crippen molar-refractivity contribution in [2.45, 2.75) is 78.6 Å². The van der Waals surface area contributed by atoms with E-state index in [2.05, 4.69) is 272 Å². The van der Waals surface area contributed by atoms with Gasteiger partial charge in [-0.3, -0.25) is 0 Å². The van der Waals surface area contributed by atoms with Gasteiger partial charge in [0.2, 0.25) is 0 Å². The molecule has 0 bridgehead atoms. The molecule has 0 fully saturated rings. The highest BCUT2D eigenvalue weighted by Gasteiger charge is 2.26. The Morgan fingerprint density at radius 1 is 0.348 bits per heavy atom. The molecule has 0 atom stereocenters. The highest BCUT2D eigenvalue weighted by molar-refractivity contribution is 6.12. The molecule has 66 heavy (non-hydrogen) atoms. The van der Waals surface area contributed by atoms with Crippen LogP contribution in [0.1, 0.15) is 79.0 Å². The number of para-hydroxylation sites is 4. The maximum atomic E-state index is 2.51. The molecule has 326 valence electrons. The van der Waals surface area contributed by atoms with E-state index in [0.29, 0.717) is 0 Å². The summed E-state index contributed by atoms with van der Waals surface area (Å²) in [5.41, 5.74) is 18.1. The summed E-state index contributed by atoms with van der Waals surface area (Å²) in [6.07, 6.45) is 0. The van der Waals surface area contributed by atoms with E-state index in [1.54, 1.807) is 0 Å². The standard InChI is InChI=1S/C64H60N2/c1-62(2,3)46-35-33-43(34-36-46)51-25-13-16-30-57(51)66(50-37-38-60-56(42-50)54-27-15-18-32-59(54)65(60)49-23-11-10-12-24-49)58-31-17-14-26-53(58)55-29-20-22-44-21-19-28-52(61(44)55)45-39-47(63(4,5)6)41-48(40-45)64(7,8)9/h10-42H,1-9H3. The van der Waals surface area contributed by atoms with Gasteiger partial charge >= 0.3 is 0 Å². The van der Waals surface area contributed by atoms with Crippen LogP contribution in [0.5, 0.6) is 0 Å². The second kappa shape index (κ2) is 16.4. The molecule has 1 heterocycles. The Bertz CT molecular complexity index is 3360. The van der Waals surface area contributed by atoms with Gasteiger partial charge in [-0.15, -0.1) is 0 Å². The van der Waals surface area contributed by atoms with Gasteiger partial charge in [0.25, 0.3) is 0 Å². The van der Waals surface area contributed by atoms with E-state index in [-0.39, 0.29) is 16.2 Å². The first-order valence-corrected chi connectivity index (χ1v) is 23.5. The topological polar surface area (TPSA) is 8.17 Å². The van der Waals surface area contributed by atoms with Crippen molar-refractivity contribution in [3.8, 4) is 39.1 Å². The van der Waals surface area contributed by atoms with Crippen LogP contribution in [0.15, 0.2) is 200 Å². The maximum Gasteiger partial charge on any atom is 0.0542 e. The van der Waals surface area contributed by atoms with Crippen molar-refractivity contribution < 1.29 is 0 Å². The van der Waals surface area contributed by atoms with E-state index < -0.39 is 0 Å². The first-order chi connectivity index (χ1) is 31.6. The molecular weight excluding hydrogens is 797 g/mol. The van der Waals surface area contributed by atoms with Gasteiger partial charge < -0.3 is 9.47 Å². The van der Waals surface area contributed by atoms with E-state index >= 15 is 0 Å². The van der Waals surface area contributed by atoms with Gasteiger partial charge in [0.1, 0.15) is 0 Å². The molecule has 0 aliphatic heterocycles. The van der Waals surface area contributed by atoms with Crippen molar-refractivity contribution in [2.24, 2.45) is 0 Å². The summed E-state index contributed by atoms with van der Waals surface area (Å²) in [5.74, 6) is 0. The Balaban J connectivity index is 1.25. The number of aromatic nitrogens is 1. The van der Waals surface area contributed by atoms with Gasteiger partial charge in [-0.2, -0.15) is 0 Å². The Morgan fingerprint density at radius 2 is 0.879 bits per heavy atom. The lowest BCUT2D eigenvalue weighted by Gasteiger charge is -2.30. The minimum atomic E-state index is -0.00845. The van der Waals surface area contributed by atoms with E-state index in [1.165, 1.54) is 82.6 Å². The molecule has 0 saturated carbocycles. The van der Waals surface area contributed by atoms with E-state index in [9.17, 15) is 0 Å². The lowest BCUT2D eigenvalue weighted by Crippen LogP contribution is -2.16.